The summed E-state index contributed by atoms with van der Waals surface area (Å²) in [6.45, 7) is 0. The van der Waals surface area contributed by atoms with Crippen molar-refractivity contribution in [3.05, 3.63) is 106 Å². The maximum absolute atomic E-state index is 13.6. The highest BCUT2D eigenvalue weighted by atomic mass is 32.2. The Hall–Kier alpha value is -3.45. The van der Waals surface area contributed by atoms with Gasteiger partial charge in [-0.2, -0.15) is 0 Å². The van der Waals surface area contributed by atoms with Crippen LogP contribution in [0.1, 0.15) is 27.4 Å². The van der Waals surface area contributed by atoms with Crippen LogP contribution in [-0.2, 0) is 4.84 Å². The fourth-order valence-corrected chi connectivity index (χ4v) is 5.25. The standard InChI is InChI=1S/C23H16N2O4S/c26-22-18-8-4-5-9-19(18)30-14-23(22)20(15-6-2-1-3-7-15)21(24-29-23)16-10-12-17(13-11-16)25(27)28/h1-13,20H,14H2/t20-,23-/m1/s1. The number of Topliss-reactive ketones (excluding diaryl/α,β-unsaturated/α-hetero) is 1. The lowest BCUT2D eigenvalue weighted by Gasteiger charge is -2.35. The first-order chi connectivity index (χ1) is 14.6. The summed E-state index contributed by atoms with van der Waals surface area (Å²) in [4.78, 5) is 31.1. The molecule has 3 aromatic carbocycles. The molecule has 7 heteroatoms. The van der Waals surface area contributed by atoms with Crippen LogP contribution in [0.15, 0.2) is 88.9 Å². The number of thioether (sulfide) groups is 1. The summed E-state index contributed by atoms with van der Waals surface area (Å²) in [6, 6.07) is 23.4. The number of nitrogens with zero attached hydrogens (tertiary/aromatic N) is 2. The van der Waals surface area contributed by atoms with Crippen molar-refractivity contribution in [2.24, 2.45) is 5.16 Å². The predicted octanol–water partition coefficient (Wildman–Crippen LogP) is 4.84. The van der Waals surface area contributed by atoms with Gasteiger partial charge in [0.05, 0.1) is 16.6 Å². The van der Waals surface area contributed by atoms with Crippen molar-refractivity contribution in [1.29, 1.82) is 0 Å². The van der Waals surface area contributed by atoms with Gasteiger partial charge in [-0.3, -0.25) is 14.9 Å². The molecule has 6 nitrogen and oxygen atoms in total. The molecule has 0 saturated carbocycles. The Bertz CT molecular complexity index is 1180. The number of ketones is 1. The van der Waals surface area contributed by atoms with Gasteiger partial charge in [0.2, 0.25) is 11.4 Å². The minimum atomic E-state index is -1.16. The Kier molecular flexibility index (Phi) is 4.40. The van der Waals surface area contributed by atoms with Gasteiger partial charge < -0.3 is 4.84 Å². The predicted molar refractivity (Wildman–Crippen MR) is 114 cm³/mol. The zero-order valence-electron chi connectivity index (χ0n) is 15.7. The molecule has 0 unspecified atom stereocenters. The van der Waals surface area contributed by atoms with Gasteiger partial charge >= 0.3 is 0 Å². The molecule has 2 atom stereocenters. The summed E-state index contributed by atoms with van der Waals surface area (Å²) in [6.07, 6.45) is 0. The van der Waals surface area contributed by atoms with Gasteiger partial charge in [0.15, 0.2) is 0 Å². The Morgan fingerprint density at radius 2 is 1.70 bits per heavy atom. The molecule has 0 bridgehead atoms. The second-order valence-corrected chi connectivity index (χ2v) is 8.24. The van der Waals surface area contributed by atoms with Crippen molar-refractivity contribution < 1.29 is 14.6 Å². The third-order valence-corrected chi connectivity index (χ3v) is 6.75. The van der Waals surface area contributed by atoms with Gasteiger partial charge in [0.1, 0.15) is 0 Å². The van der Waals surface area contributed by atoms with E-state index >= 15 is 0 Å². The van der Waals surface area contributed by atoms with Crippen LogP contribution in [0.5, 0.6) is 0 Å². The van der Waals surface area contributed by atoms with E-state index in [9.17, 15) is 14.9 Å². The molecular weight excluding hydrogens is 400 g/mol. The lowest BCUT2D eigenvalue weighted by atomic mass is 9.74. The average molecular weight is 416 g/mol. The lowest BCUT2D eigenvalue weighted by molar-refractivity contribution is -0.384. The minimum absolute atomic E-state index is 0.00228. The molecule has 1 spiro atoms. The molecule has 2 aliphatic rings. The average Bonchev–Trinajstić information content (AvgIpc) is 3.17. The Balaban J connectivity index is 1.62. The van der Waals surface area contributed by atoms with Crippen LogP contribution in [0, 0.1) is 10.1 Å². The summed E-state index contributed by atoms with van der Waals surface area (Å²) in [5, 5.41) is 15.4. The molecule has 2 heterocycles. The van der Waals surface area contributed by atoms with Crippen molar-refractivity contribution in [2.45, 2.75) is 16.4 Å². The van der Waals surface area contributed by atoms with E-state index < -0.39 is 16.4 Å². The summed E-state index contributed by atoms with van der Waals surface area (Å²) in [5.74, 6) is -0.0811. The number of hydrogen-bond acceptors (Lipinski definition) is 6. The normalized spacial score (nSPS) is 22.3. The smallest absolute Gasteiger partial charge is 0.269 e. The molecule has 0 fully saturated rings. The molecule has 0 aliphatic carbocycles. The van der Waals surface area contributed by atoms with E-state index in [4.69, 9.17) is 4.84 Å². The monoisotopic (exact) mass is 416 g/mol. The number of oxime groups is 1. The van der Waals surface area contributed by atoms with E-state index in [1.54, 1.807) is 23.9 Å². The Morgan fingerprint density at radius 3 is 2.43 bits per heavy atom. The SMILES string of the molecule is O=C1c2ccccc2SC[C@]12ON=C(c1ccc([N+](=O)[O-])cc1)[C@H]2c1ccccc1. The molecule has 5 rings (SSSR count). The Morgan fingerprint density at radius 1 is 1.00 bits per heavy atom. The molecule has 148 valence electrons. The van der Waals surface area contributed by atoms with E-state index in [1.807, 2.05) is 54.6 Å². The summed E-state index contributed by atoms with van der Waals surface area (Å²) in [7, 11) is 0. The molecule has 0 saturated heterocycles. The molecule has 0 aromatic heterocycles. The quantitative estimate of drug-likeness (QED) is 0.451. The third-order valence-electron chi connectivity index (χ3n) is 5.51. The molecule has 3 aromatic rings. The summed E-state index contributed by atoms with van der Waals surface area (Å²) < 4.78 is 0. The summed E-state index contributed by atoms with van der Waals surface area (Å²) >= 11 is 1.58. The molecule has 2 aliphatic heterocycles. The maximum Gasteiger partial charge on any atom is 0.269 e. The van der Waals surface area contributed by atoms with Gasteiger partial charge in [-0.25, -0.2) is 0 Å². The van der Waals surface area contributed by atoms with Crippen molar-refractivity contribution >= 4 is 28.9 Å². The minimum Gasteiger partial charge on any atom is -0.379 e. The highest BCUT2D eigenvalue weighted by molar-refractivity contribution is 7.99. The van der Waals surface area contributed by atoms with Crippen LogP contribution in [0.2, 0.25) is 0 Å². The number of carbonyl (C=O) groups is 1. The van der Waals surface area contributed by atoms with Crippen LogP contribution in [0.3, 0.4) is 0 Å². The van der Waals surface area contributed by atoms with E-state index in [1.165, 1.54) is 12.1 Å². The van der Waals surface area contributed by atoms with E-state index in [0.29, 0.717) is 22.6 Å². The Labute approximate surface area is 176 Å². The van der Waals surface area contributed by atoms with Gasteiger partial charge in [-0.05, 0) is 23.8 Å². The first kappa shape index (κ1) is 18.6. The highest BCUT2D eigenvalue weighted by Gasteiger charge is 2.57. The zero-order valence-corrected chi connectivity index (χ0v) is 16.5. The van der Waals surface area contributed by atoms with Crippen LogP contribution >= 0.6 is 11.8 Å². The fourth-order valence-electron chi connectivity index (χ4n) is 4.04. The van der Waals surface area contributed by atoms with Crippen LogP contribution < -0.4 is 0 Å². The fraction of sp³-hybridized carbons (Fsp3) is 0.130. The second kappa shape index (κ2) is 7.11. The second-order valence-electron chi connectivity index (χ2n) is 7.22. The molecule has 30 heavy (non-hydrogen) atoms. The number of non-ortho nitro benzene ring substituents is 1. The molecule has 0 amide bonds. The van der Waals surface area contributed by atoms with E-state index in [2.05, 4.69) is 5.16 Å². The highest BCUT2D eigenvalue weighted by Crippen LogP contribution is 2.49. The molecule has 0 N–H and O–H groups in total. The van der Waals surface area contributed by atoms with Crippen molar-refractivity contribution in [3.8, 4) is 0 Å². The zero-order chi connectivity index (χ0) is 20.7. The molecule has 0 radical (unpaired) electrons. The number of nitro benzene ring substituents is 1. The lowest BCUT2D eigenvalue weighted by Crippen LogP contribution is -2.49. The number of hydrogen-bond donors (Lipinski definition) is 0. The van der Waals surface area contributed by atoms with E-state index in [-0.39, 0.29) is 11.5 Å². The van der Waals surface area contributed by atoms with Crippen LogP contribution in [0.4, 0.5) is 5.69 Å². The third kappa shape index (κ3) is 2.81. The number of rotatable bonds is 3. The van der Waals surface area contributed by atoms with Crippen molar-refractivity contribution in [2.75, 3.05) is 5.75 Å². The topological polar surface area (TPSA) is 81.8 Å². The van der Waals surface area contributed by atoms with Gasteiger partial charge in [-0.1, -0.05) is 53.7 Å². The van der Waals surface area contributed by atoms with Gasteiger partial charge in [-0.15, -0.1) is 11.8 Å². The first-order valence-electron chi connectivity index (χ1n) is 9.42. The summed E-state index contributed by atoms with van der Waals surface area (Å²) in [5.41, 5.74) is 1.70. The van der Waals surface area contributed by atoms with Crippen molar-refractivity contribution in [3.63, 3.8) is 0 Å². The number of nitro groups is 1. The van der Waals surface area contributed by atoms with Crippen LogP contribution in [-0.4, -0.2) is 27.8 Å². The van der Waals surface area contributed by atoms with Crippen molar-refractivity contribution in [1.82, 2.24) is 0 Å². The largest absolute Gasteiger partial charge is 0.379 e. The van der Waals surface area contributed by atoms with Crippen LogP contribution in [0.25, 0.3) is 0 Å². The maximum atomic E-state index is 13.6. The first-order valence-corrected chi connectivity index (χ1v) is 10.4. The number of benzene rings is 3. The van der Waals surface area contributed by atoms with Gasteiger partial charge in [0.25, 0.3) is 5.69 Å². The number of fused-ring (bicyclic) bond motifs is 1. The molecular formula is C23H16N2O4S. The van der Waals surface area contributed by atoms with E-state index in [0.717, 1.165) is 10.5 Å². The number of carbonyl (C=O) groups excluding carboxylic acids is 1. The van der Waals surface area contributed by atoms with Gasteiger partial charge in [0, 0.05) is 33.9 Å².